The summed E-state index contributed by atoms with van der Waals surface area (Å²) in [5.74, 6) is -0.0176. The summed E-state index contributed by atoms with van der Waals surface area (Å²) in [6.45, 7) is 6.84. The molecule has 36 heavy (non-hydrogen) atoms. The number of hydrogen-bond acceptors (Lipinski definition) is 7. The first-order valence-corrected chi connectivity index (χ1v) is 12.6. The van der Waals surface area contributed by atoms with E-state index in [2.05, 4.69) is 15.3 Å². The number of carbonyl (C=O) groups excluding carboxylic acids is 2. The molecule has 4 heterocycles. The summed E-state index contributed by atoms with van der Waals surface area (Å²) in [6, 6.07) is 3.95. The SMILES string of the molecule is CC(C)(C)OC(=O)N1CC(C(=O)NC2C=NN3C=CC(N4CCC[C@@H]4c4cc(F)ccc4Cl)=NC23)C1. The first kappa shape index (κ1) is 24.5. The van der Waals surface area contributed by atoms with E-state index in [1.165, 1.54) is 17.0 Å². The average Bonchev–Trinajstić information content (AvgIpc) is 3.40. The van der Waals surface area contributed by atoms with E-state index < -0.39 is 23.9 Å². The van der Waals surface area contributed by atoms with Gasteiger partial charge in [0.2, 0.25) is 5.91 Å². The number of nitrogens with one attached hydrogen (secondary N) is 1. The summed E-state index contributed by atoms with van der Waals surface area (Å²) in [6.07, 6.45) is 6.35. The maximum absolute atomic E-state index is 13.9. The number of nitrogens with zero attached hydrogens (tertiary/aromatic N) is 5. The third-order valence-corrected chi connectivity index (χ3v) is 7.02. The highest BCUT2D eigenvalue weighted by Crippen LogP contribution is 2.37. The molecule has 1 aromatic carbocycles. The van der Waals surface area contributed by atoms with Crippen LogP contribution in [0.3, 0.4) is 0 Å². The predicted octanol–water partition coefficient (Wildman–Crippen LogP) is 3.52. The molecule has 3 atom stereocenters. The molecular formula is C25H30ClFN6O3. The van der Waals surface area contributed by atoms with Gasteiger partial charge in [-0.05, 0) is 63.5 Å². The van der Waals surface area contributed by atoms with Crippen molar-refractivity contribution in [2.45, 2.75) is 57.5 Å². The molecule has 1 N–H and O–H groups in total. The number of rotatable bonds is 3. The number of carbonyl (C=O) groups is 2. The number of ether oxygens (including phenoxy) is 1. The number of hydrogen-bond donors (Lipinski definition) is 1. The topological polar surface area (TPSA) is 89.8 Å². The monoisotopic (exact) mass is 516 g/mol. The molecular weight excluding hydrogens is 487 g/mol. The van der Waals surface area contributed by atoms with E-state index in [4.69, 9.17) is 21.3 Å². The molecule has 1 aromatic rings. The Morgan fingerprint density at radius 2 is 2.03 bits per heavy atom. The highest BCUT2D eigenvalue weighted by Gasteiger charge is 2.41. The summed E-state index contributed by atoms with van der Waals surface area (Å²) >= 11 is 6.40. The van der Waals surface area contributed by atoms with Crippen molar-refractivity contribution < 1.29 is 18.7 Å². The number of amides is 2. The Balaban J connectivity index is 1.23. The van der Waals surface area contributed by atoms with E-state index in [-0.39, 0.29) is 23.7 Å². The zero-order chi connectivity index (χ0) is 25.6. The second-order valence-electron chi connectivity index (χ2n) is 10.5. The fourth-order valence-electron chi connectivity index (χ4n) is 4.86. The van der Waals surface area contributed by atoms with Crippen LogP contribution in [0.4, 0.5) is 9.18 Å². The Morgan fingerprint density at radius 1 is 1.25 bits per heavy atom. The highest BCUT2D eigenvalue weighted by molar-refractivity contribution is 6.31. The van der Waals surface area contributed by atoms with E-state index in [0.717, 1.165) is 30.8 Å². The molecule has 2 amide bonds. The maximum atomic E-state index is 13.9. The van der Waals surface area contributed by atoms with Crippen molar-refractivity contribution >= 4 is 35.7 Å². The van der Waals surface area contributed by atoms with Crippen LogP contribution in [-0.2, 0) is 9.53 Å². The van der Waals surface area contributed by atoms with Crippen LogP contribution >= 0.6 is 11.6 Å². The Bertz CT molecular complexity index is 1140. The van der Waals surface area contributed by atoms with Gasteiger partial charge in [0, 0.05) is 30.9 Å². The quantitative estimate of drug-likeness (QED) is 0.664. The third-order valence-electron chi connectivity index (χ3n) is 6.67. The second-order valence-corrected chi connectivity index (χ2v) is 10.9. The molecule has 0 aliphatic carbocycles. The molecule has 0 bridgehead atoms. The van der Waals surface area contributed by atoms with Crippen LogP contribution in [0.2, 0.25) is 5.02 Å². The first-order chi connectivity index (χ1) is 17.1. The molecule has 0 radical (unpaired) electrons. The summed E-state index contributed by atoms with van der Waals surface area (Å²) in [5, 5.41) is 9.63. The fraction of sp³-hybridized carbons (Fsp3) is 0.520. The number of fused-ring (bicyclic) bond motifs is 1. The lowest BCUT2D eigenvalue weighted by Crippen LogP contribution is -2.59. The van der Waals surface area contributed by atoms with Crippen molar-refractivity contribution in [1.29, 1.82) is 0 Å². The molecule has 0 aromatic heterocycles. The smallest absolute Gasteiger partial charge is 0.410 e. The normalized spacial score (nSPS) is 25.5. The highest BCUT2D eigenvalue weighted by atomic mass is 35.5. The van der Waals surface area contributed by atoms with Gasteiger partial charge in [-0.1, -0.05) is 11.6 Å². The lowest BCUT2D eigenvalue weighted by atomic mass is 9.99. The molecule has 9 nitrogen and oxygen atoms in total. The van der Waals surface area contributed by atoms with Gasteiger partial charge in [0.1, 0.15) is 23.3 Å². The summed E-state index contributed by atoms with van der Waals surface area (Å²) < 4.78 is 19.3. The number of hydrazone groups is 1. The minimum absolute atomic E-state index is 0.0765. The fourth-order valence-corrected chi connectivity index (χ4v) is 5.11. The maximum Gasteiger partial charge on any atom is 0.410 e. The molecule has 0 spiro atoms. The van der Waals surface area contributed by atoms with Crippen molar-refractivity contribution in [1.82, 2.24) is 20.1 Å². The van der Waals surface area contributed by atoms with E-state index in [0.29, 0.717) is 18.1 Å². The van der Waals surface area contributed by atoms with Gasteiger partial charge in [0.05, 0.1) is 18.2 Å². The van der Waals surface area contributed by atoms with Gasteiger partial charge < -0.3 is 19.9 Å². The van der Waals surface area contributed by atoms with Gasteiger partial charge >= 0.3 is 6.09 Å². The number of aliphatic imine (C=N–C) groups is 1. The lowest BCUT2D eigenvalue weighted by molar-refractivity contribution is -0.130. The van der Waals surface area contributed by atoms with Crippen molar-refractivity contribution in [3.8, 4) is 0 Å². The van der Waals surface area contributed by atoms with Crippen molar-refractivity contribution in [3.63, 3.8) is 0 Å². The largest absolute Gasteiger partial charge is 0.444 e. The van der Waals surface area contributed by atoms with Gasteiger partial charge in [-0.2, -0.15) is 5.10 Å². The van der Waals surface area contributed by atoms with E-state index in [1.54, 1.807) is 17.3 Å². The molecule has 2 unspecified atom stereocenters. The zero-order valence-electron chi connectivity index (χ0n) is 20.5. The zero-order valence-corrected chi connectivity index (χ0v) is 21.3. The van der Waals surface area contributed by atoms with E-state index in [1.807, 2.05) is 33.0 Å². The van der Waals surface area contributed by atoms with Crippen LogP contribution in [0.15, 0.2) is 40.6 Å². The van der Waals surface area contributed by atoms with Crippen LogP contribution in [0.5, 0.6) is 0 Å². The summed E-state index contributed by atoms with van der Waals surface area (Å²) in [4.78, 5) is 33.6. The molecule has 5 rings (SSSR count). The number of benzene rings is 1. The van der Waals surface area contributed by atoms with Crippen LogP contribution in [0, 0.1) is 11.7 Å². The average molecular weight is 517 g/mol. The van der Waals surface area contributed by atoms with E-state index in [9.17, 15) is 14.0 Å². The van der Waals surface area contributed by atoms with Crippen LogP contribution in [-0.4, -0.2) is 76.3 Å². The molecule has 11 heteroatoms. The minimum Gasteiger partial charge on any atom is -0.444 e. The summed E-state index contributed by atoms with van der Waals surface area (Å²) in [5.41, 5.74) is 0.173. The van der Waals surface area contributed by atoms with Crippen molar-refractivity contribution in [3.05, 3.63) is 46.9 Å². The van der Waals surface area contributed by atoms with Gasteiger partial charge in [-0.25, -0.2) is 19.2 Å². The van der Waals surface area contributed by atoms with Gasteiger partial charge in [-0.15, -0.1) is 0 Å². The number of halogens is 2. The van der Waals surface area contributed by atoms with Crippen molar-refractivity contribution in [2.24, 2.45) is 16.0 Å². The van der Waals surface area contributed by atoms with Crippen LogP contribution in [0.1, 0.15) is 45.2 Å². The number of likely N-dealkylation sites (tertiary alicyclic amines) is 2. The third kappa shape index (κ3) is 4.91. The molecule has 2 fully saturated rings. The lowest BCUT2D eigenvalue weighted by Gasteiger charge is -2.39. The van der Waals surface area contributed by atoms with Crippen LogP contribution in [0.25, 0.3) is 0 Å². The first-order valence-electron chi connectivity index (χ1n) is 12.2. The summed E-state index contributed by atoms with van der Waals surface area (Å²) in [7, 11) is 0. The Hall–Kier alpha value is -3.14. The van der Waals surface area contributed by atoms with Crippen molar-refractivity contribution in [2.75, 3.05) is 19.6 Å². The molecule has 4 aliphatic heterocycles. The van der Waals surface area contributed by atoms with Gasteiger partial charge in [-0.3, -0.25) is 4.79 Å². The molecule has 4 aliphatic rings. The van der Waals surface area contributed by atoms with Crippen LogP contribution < -0.4 is 5.32 Å². The number of amidine groups is 1. The standard InChI is InChI=1S/C25H30ClFN6O3/c1-25(2,3)36-24(35)31-13-15(14-31)23(34)29-19-12-28-33-10-8-21(30-22(19)33)32-9-4-5-20(32)17-11-16(27)6-7-18(17)26/h6-8,10-12,15,19-20,22H,4-5,9,13-14H2,1-3H3,(H,29,34)/t19?,20-,22?/m1/s1. The van der Waals surface area contributed by atoms with Gasteiger partial charge in [0.25, 0.3) is 0 Å². The molecule has 192 valence electrons. The predicted molar refractivity (Wildman–Crippen MR) is 134 cm³/mol. The Kier molecular flexibility index (Phi) is 6.40. The Morgan fingerprint density at radius 3 is 2.78 bits per heavy atom. The molecule has 2 saturated heterocycles. The minimum atomic E-state index is -0.577. The van der Waals surface area contributed by atoms with Gasteiger partial charge in [0.15, 0.2) is 6.17 Å². The van der Waals surface area contributed by atoms with E-state index >= 15 is 0 Å². The molecule has 0 saturated carbocycles. The Labute approximate surface area is 214 Å². The second kappa shape index (κ2) is 9.38.